The highest BCUT2D eigenvalue weighted by molar-refractivity contribution is 8.00. The molecule has 24 heavy (non-hydrogen) atoms. The van der Waals surface area contributed by atoms with E-state index in [0.717, 1.165) is 34.0 Å². The van der Waals surface area contributed by atoms with Crippen LogP contribution in [0.3, 0.4) is 0 Å². The van der Waals surface area contributed by atoms with Crippen LogP contribution in [0.5, 0.6) is 5.75 Å². The van der Waals surface area contributed by atoms with E-state index in [9.17, 15) is 4.79 Å². The Hall–Kier alpha value is -2.47. The molecule has 0 aliphatic carbocycles. The molecule has 1 saturated heterocycles. The number of carbonyl (C=O) groups excluding carboxylic acids is 1. The molecular formula is C18H16N2O3S. The number of fused-ring (bicyclic) bond motifs is 1. The van der Waals surface area contributed by atoms with Gasteiger partial charge in [-0.3, -0.25) is 9.36 Å². The average Bonchev–Trinajstić information content (AvgIpc) is 3.18. The number of hydrogen-bond acceptors (Lipinski definition) is 5. The second-order valence-electron chi connectivity index (χ2n) is 5.48. The molecular weight excluding hydrogens is 324 g/mol. The maximum atomic E-state index is 11.8. The molecule has 5 nitrogen and oxygen atoms in total. The lowest BCUT2D eigenvalue weighted by Crippen LogP contribution is -2.11. The van der Waals surface area contributed by atoms with Gasteiger partial charge in [-0.1, -0.05) is 23.9 Å². The molecule has 3 aromatic rings. The number of carbonyl (C=O) groups is 1. The summed E-state index contributed by atoms with van der Waals surface area (Å²) in [6.45, 7) is 0.485. The van der Waals surface area contributed by atoms with Crippen molar-refractivity contribution >= 4 is 28.8 Å². The number of thioether (sulfide) groups is 1. The Bertz CT molecular complexity index is 889. The van der Waals surface area contributed by atoms with Crippen molar-refractivity contribution < 1.29 is 14.3 Å². The fourth-order valence-electron chi connectivity index (χ4n) is 2.78. The number of imidazole rings is 1. The molecule has 1 fully saturated rings. The van der Waals surface area contributed by atoms with E-state index < -0.39 is 0 Å². The van der Waals surface area contributed by atoms with Crippen molar-refractivity contribution in [3.05, 3.63) is 48.5 Å². The van der Waals surface area contributed by atoms with E-state index in [1.54, 1.807) is 7.11 Å². The first-order valence-electron chi connectivity index (χ1n) is 7.71. The fraction of sp³-hybridized carbons (Fsp3) is 0.222. The normalized spacial score (nSPS) is 17.2. The van der Waals surface area contributed by atoms with E-state index in [1.165, 1.54) is 11.8 Å². The Labute approximate surface area is 143 Å². The lowest BCUT2D eigenvalue weighted by atomic mass is 10.2. The van der Waals surface area contributed by atoms with Gasteiger partial charge in [0.2, 0.25) is 0 Å². The zero-order valence-corrected chi connectivity index (χ0v) is 14.0. The molecule has 0 amide bonds. The van der Waals surface area contributed by atoms with Crippen molar-refractivity contribution in [3.8, 4) is 11.4 Å². The number of ether oxygens (including phenoxy) is 2. The maximum Gasteiger partial charge on any atom is 0.319 e. The van der Waals surface area contributed by atoms with Crippen LogP contribution in [0, 0.1) is 0 Å². The van der Waals surface area contributed by atoms with E-state index in [1.807, 2.05) is 48.5 Å². The van der Waals surface area contributed by atoms with Gasteiger partial charge >= 0.3 is 5.97 Å². The second-order valence-corrected chi connectivity index (χ2v) is 6.65. The number of cyclic esters (lactones) is 1. The van der Waals surface area contributed by atoms with Gasteiger partial charge in [-0.25, -0.2) is 4.98 Å². The van der Waals surface area contributed by atoms with Gasteiger partial charge in [0.25, 0.3) is 0 Å². The highest BCUT2D eigenvalue weighted by Gasteiger charge is 2.29. The summed E-state index contributed by atoms with van der Waals surface area (Å²) in [5.74, 6) is 0.644. The molecule has 1 aliphatic heterocycles. The number of methoxy groups -OCH3 is 1. The van der Waals surface area contributed by atoms with Crippen molar-refractivity contribution in [2.75, 3.05) is 13.7 Å². The summed E-state index contributed by atoms with van der Waals surface area (Å²) in [7, 11) is 1.65. The van der Waals surface area contributed by atoms with Crippen LogP contribution in [0.1, 0.15) is 6.42 Å². The predicted molar refractivity (Wildman–Crippen MR) is 92.8 cm³/mol. The first kappa shape index (κ1) is 15.1. The molecule has 1 aliphatic rings. The summed E-state index contributed by atoms with van der Waals surface area (Å²) >= 11 is 1.46. The van der Waals surface area contributed by atoms with Crippen molar-refractivity contribution in [2.24, 2.45) is 0 Å². The zero-order valence-electron chi connectivity index (χ0n) is 13.1. The van der Waals surface area contributed by atoms with E-state index in [4.69, 9.17) is 14.5 Å². The zero-order chi connectivity index (χ0) is 16.5. The quantitative estimate of drug-likeness (QED) is 0.681. The van der Waals surface area contributed by atoms with Crippen LogP contribution < -0.4 is 4.74 Å². The third kappa shape index (κ3) is 2.63. The van der Waals surface area contributed by atoms with E-state index in [-0.39, 0.29) is 11.2 Å². The largest absolute Gasteiger partial charge is 0.497 e. The first-order valence-corrected chi connectivity index (χ1v) is 8.59. The summed E-state index contributed by atoms with van der Waals surface area (Å²) in [6.07, 6.45) is 0.718. The van der Waals surface area contributed by atoms with E-state index >= 15 is 0 Å². The minimum atomic E-state index is -0.196. The smallest absolute Gasteiger partial charge is 0.319 e. The van der Waals surface area contributed by atoms with Gasteiger partial charge in [0.15, 0.2) is 5.16 Å². The number of aromatic nitrogens is 2. The highest BCUT2D eigenvalue weighted by atomic mass is 32.2. The molecule has 2 heterocycles. The number of benzene rings is 2. The second kappa shape index (κ2) is 6.20. The SMILES string of the molecule is COc1ccc(-n2c(S[C@H]3CCOC3=O)nc3ccccc32)cc1. The Morgan fingerprint density at radius 3 is 2.71 bits per heavy atom. The molecule has 122 valence electrons. The Morgan fingerprint density at radius 2 is 2.00 bits per heavy atom. The van der Waals surface area contributed by atoms with Crippen molar-refractivity contribution in [1.82, 2.24) is 9.55 Å². The van der Waals surface area contributed by atoms with E-state index in [2.05, 4.69) is 4.57 Å². The third-order valence-corrected chi connectivity index (χ3v) is 5.19. The van der Waals surface area contributed by atoms with Gasteiger partial charge in [0, 0.05) is 12.1 Å². The van der Waals surface area contributed by atoms with Crippen molar-refractivity contribution in [1.29, 1.82) is 0 Å². The molecule has 0 saturated carbocycles. The van der Waals surface area contributed by atoms with Gasteiger partial charge < -0.3 is 9.47 Å². The molecule has 0 radical (unpaired) electrons. The minimum absolute atomic E-state index is 0.159. The Kier molecular flexibility index (Phi) is 3.90. The minimum Gasteiger partial charge on any atom is -0.497 e. The lowest BCUT2D eigenvalue weighted by molar-refractivity contribution is -0.137. The van der Waals surface area contributed by atoms with Gasteiger partial charge in [-0.2, -0.15) is 0 Å². The van der Waals surface area contributed by atoms with Crippen LogP contribution in [0.4, 0.5) is 0 Å². The standard InChI is InChI=1S/C18H16N2O3S/c1-22-13-8-6-12(7-9-13)20-15-5-3-2-4-14(15)19-18(20)24-16-10-11-23-17(16)21/h2-9,16H,10-11H2,1H3/t16-/m0/s1. The molecule has 4 rings (SSSR count). The molecule has 6 heteroatoms. The van der Waals surface area contributed by atoms with Crippen molar-refractivity contribution in [3.63, 3.8) is 0 Å². The average molecular weight is 340 g/mol. The van der Waals surface area contributed by atoms with Crippen LogP contribution in [0.25, 0.3) is 16.7 Å². The molecule has 1 aromatic heterocycles. The van der Waals surface area contributed by atoms with Crippen LogP contribution in [0.2, 0.25) is 0 Å². The molecule has 0 bridgehead atoms. The van der Waals surface area contributed by atoms with Gasteiger partial charge in [-0.15, -0.1) is 0 Å². The number of rotatable bonds is 4. The number of hydrogen-bond donors (Lipinski definition) is 0. The summed E-state index contributed by atoms with van der Waals surface area (Å²) in [4.78, 5) is 16.5. The molecule has 0 unspecified atom stereocenters. The van der Waals surface area contributed by atoms with Crippen LogP contribution >= 0.6 is 11.8 Å². The van der Waals surface area contributed by atoms with Crippen LogP contribution in [-0.4, -0.2) is 34.5 Å². The number of esters is 1. The molecule has 1 atom stereocenters. The van der Waals surface area contributed by atoms with E-state index in [0.29, 0.717) is 6.61 Å². The van der Waals surface area contributed by atoms with Crippen LogP contribution in [0.15, 0.2) is 53.7 Å². The fourth-order valence-corrected chi connectivity index (χ4v) is 3.87. The molecule has 0 spiro atoms. The number of nitrogens with zero attached hydrogens (tertiary/aromatic N) is 2. The van der Waals surface area contributed by atoms with Gasteiger partial charge in [0.05, 0.1) is 24.8 Å². The monoisotopic (exact) mass is 340 g/mol. The predicted octanol–water partition coefficient (Wildman–Crippen LogP) is 3.44. The number of para-hydroxylation sites is 2. The van der Waals surface area contributed by atoms with Crippen LogP contribution in [-0.2, 0) is 9.53 Å². The maximum absolute atomic E-state index is 11.8. The third-order valence-electron chi connectivity index (χ3n) is 4.00. The molecule has 2 aromatic carbocycles. The van der Waals surface area contributed by atoms with Gasteiger partial charge in [-0.05, 0) is 36.4 Å². The highest BCUT2D eigenvalue weighted by Crippen LogP contribution is 2.34. The lowest BCUT2D eigenvalue weighted by Gasteiger charge is -2.11. The summed E-state index contributed by atoms with van der Waals surface area (Å²) in [6, 6.07) is 15.8. The first-order chi connectivity index (χ1) is 11.8. The van der Waals surface area contributed by atoms with Crippen molar-refractivity contribution in [2.45, 2.75) is 16.8 Å². The molecule has 0 N–H and O–H groups in total. The Balaban J connectivity index is 1.81. The Morgan fingerprint density at radius 1 is 1.21 bits per heavy atom. The topological polar surface area (TPSA) is 53.4 Å². The summed E-state index contributed by atoms with van der Waals surface area (Å²) < 4.78 is 12.4. The van der Waals surface area contributed by atoms with Gasteiger partial charge in [0.1, 0.15) is 11.0 Å². The summed E-state index contributed by atoms with van der Waals surface area (Å²) in [5.41, 5.74) is 2.90. The summed E-state index contributed by atoms with van der Waals surface area (Å²) in [5, 5.41) is 0.601.